The third-order valence-electron chi connectivity index (χ3n) is 5.75. The molecule has 7 heteroatoms. The van der Waals surface area contributed by atoms with Crippen LogP contribution in [0.3, 0.4) is 0 Å². The zero-order valence-corrected chi connectivity index (χ0v) is 18.5. The zero-order valence-electron chi connectivity index (χ0n) is 17.8. The first-order valence-electron chi connectivity index (χ1n) is 10.7. The molecule has 0 unspecified atom stereocenters. The van der Waals surface area contributed by atoms with Gasteiger partial charge in [-0.25, -0.2) is 4.98 Å². The number of hydrogen-bond donors (Lipinski definition) is 1. The highest BCUT2D eigenvalue weighted by Gasteiger charge is 2.22. The molecule has 4 aromatic rings. The van der Waals surface area contributed by atoms with Crippen LogP contribution in [0.1, 0.15) is 22.5 Å². The largest absolute Gasteiger partial charge is 0.306 e. The number of aromatic nitrogens is 3. The average molecular weight is 454 g/mol. The Morgan fingerprint density at radius 2 is 1.85 bits per heavy atom. The molecule has 1 aliphatic heterocycles. The smallest absolute Gasteiger partial charge is 0.255 e. The van der Waals surface area contributed by atoms with Crippen molar-refractivity contribution in [2.24, 2.45) is 0 Å². The molecule has 3 heterocycles. The summed E-state index contributed by atoms with van der Waals surface area (Å²) in [6, 6.07) is 22.8. The van der Waals surface area contributed by atoms with Gasteiger partial charge in [0.25, 0.3) is 5.56 Å². The van der Waals surface area contributed by atoms with Gasteiger partial charge in [-0.15, -0.1) is 0 Å². The second-order valence-corrected chi connectivity index (χ2v) is 8.45. The van der Waals surface area contributed by atoms with Crippen molar-refractivity contribution in [1.82, 2.24) is 19.9 Å². The van der Waals surface area contributed by atoms with Gasteiger partial charge in [-0.05, 0) is 48.5 Å². The van der Waals surface area contributed by atoms with Crippen LogP contribution in [0.2, 0.25) is 5.02 Å². The number of nitriles is 1. The Hall–Kier alpha value is -3.79. The second kappa shape index (κ2) is 8.99. The van der Waals surface area contributed by atoms with Crippen molar-refractivity contribution in [3.8, 4) is 28.7 Å². The number of pyridine rings is 1. The van der Waals surface area contributed by atoms with Crippen molar-refractivity contribution in [3.05, 3.63) is 105 Å². The quantitative estimate of drug-likeness (QED) is 0.488. The third kappa shape index (κ3) is 4.56. The highest BCUT2D eigenvalue weighted by molar-refractivity contribution is 6.30. The van der Waals surface area contributed by atoms with Crippen molar-refractivity contribution in [2.45, 2.75) is 19.5 Å². The minimum absolute atomic E-state index is 0.107. The van der Waals surface area contributed by atoms with Crippen LogP contribution in [0.25, 0.3) is 22.6 Å². The SMILES string of the molecule is N#Cc1cccc(-c2cccc(CN3CCc4nc(-c5ccc(Cl)cc5)[nH]c(=O)c4C3)n2)c1. The molecular formula is C26H20ClN5O. The fraction of sp³-hybridized carbons (Fsp3) is 0.154. The summed E-state index contributed by atoms with van der Waals surface area (Å²) < 4.78 is 0. The molecule has 1 aliphatic rings. The third-order valence-corrected chi connectivity index (χ3v) is 6.00. The van der Waals surface area contributed by atoms with Crippen molar-refractivity contribution < 1.29 is 0 Å². The predicted molar refractivity (Wildman–Crippen MR) is 128 cm³/mol. The van der Waals surface area contributed by atoms with Gasteiger partial charge in [-0.2, -0.15) is 5.26 Å². The molecule has 0 aliphatic carbocycles. The van der Waals surface area contributed by atoms with E-state index in [1.807, 2.05) is 48.5 Å². The van der Waals surface area contributed by atoms with Crippen LogP contribution in [-0.2, 0) is 19.5 Å². The molecule has 5 rings (SSSR count). The van der Waals surface area contributed by atoms with E-state index in [1.165, 1.54) is 0 Å². The summed E-state index contributed by atoms with van der Waals surface area (Å²) in [6.07, 6.45) is 0.698. The molecule has 0 radical (unpaired) electrons. The topological polar surface area (TPSA) is 85.7 Å². The van der Waals surface area contributed by atoms with E-state index in [-0.39, 0.29) is 5.56 Å². The molecular weight excluding hydrogens is 434 g/mol. The van der Waals surface area contributed by atoms with E-state index in [4.69, 9.17) is 26.8 Å². The Bertz CT molecular complexity index is 1420. The first-order chi connectivity index (χ1) is 16.1. The number of halogens is 1. The normalized spacial score (nSPS) is 13.3. The number of benzene rings is 2. The Morgan fingerprint density at radius 3 is 2.67 bits per heavy atom. The monoisotopic (exact) mass is 453 g/mol. The highest BCUT2D eigenvalue weighted by atomic mass is 35.5. The van der Waals surface area contributed by atoms with Gasteiger partial charge in [0.1, 0.15) is 5.82 Å². The van der Waals surface area contributed by atoms with Crippen molar-refractivity contribution in [2.75, 3.05) is 6.54 Å². The van der Waals surface area contributed by atoms with Crippen LogP contribution >= 0.6 is 11.6 Å². The summed E-state index contributed by atoms with van der Waals surface area (Å²) in [4.78, 5) is 27.5. The number of rotatable bonds is 4. The van der Waals surface area contributed by atoms with E-state index in [9.17, 15) is 4.79 Å². The molecule has 0 spiro atoms. The molecule has 1 N–H and O–H groups in total. The summed E-state index contributed by atoms with van der Waals surface area (Å²) in [5, 5.41) is 9.80. The maximum atomic E-state index is 12.8. The minimum atomic E-state index is -0.107. The van der Waals surface area contributed by atoms with Gasteiger partial charge in [0, 0.05) is 42.2 Å². The van der Waals surface area contributed by atoms with Gasteiger partial charge in [-0.1, -0.05) is 29.8 Å². The second-order valence-electron chi connectivity index (χ2n) is 8.01. The van der Waals surface area contributed by atoms with Crippen LogP contribution in [0.5, 0.6) is 0 Å². The first-order valence-corrected chi connectivity index (χ1v) is 11.0. The molecule has 162 valence electrons. The molecule has 0 atom stereocenters. The molecule has 0 amide bonds. The van der Waals surface area contributed by atoms with Crippen LogP contribution in [0.15, 0.2) is 71.5 Å². The molecule has 2 aromatic heterocycles. The maximum absolute atomic E-state index is 12.8. The number of H-pyrrole nitrogens is 1. The van der Waals surface area contributed by atoms with E-state index < -0.39 is 0 Å². The molecule has 0 fully saturated rings. The van der Waals surface area contributed by atoms with Crippen molar-refractivity contribution >= 4 is 11.6 Å². The molecule has 0 bridgehead atoms. The Kier molecular flexibility index (Phi) is 5.74. The summed E-state index contributed by atoms with van der Waals surface area (Å²) in [5.41, 5.74) is 5.54. The standard InChI is InChI=1S/C26H20ClN5O/c27-20-9-7-18(8-10-20)25-30-24-11-12-32(16-22(24)26(33)31-25)15-21-5-2-6-23(29-21)19-4-1-3-17(13-19)14-28/h1-10,13H,11-12,15-16H2,(H,30,31,33). The number of nitrogens with zero attached hydrogens (tertiary/aromatic N) is 4. The fourth-order valence-corrected chi connectivity index (χ4v) is 4.19. The lowest BCUT2D eigenvalue weighted by molar-refractivity contribution is 0.239. The molecule has 0 saturated carbocycles. The molecule has 2 aromatic carbocycles. The van der Waals surface area contributed by atoms with Crippen LogP contribution in [-0.4, -0.2) is 26.4 Å². The number of hydrogen-bond acceptors (Lipinski definition) is 5. The van der Waals surface area contributed by atoms with Gasteiger partial charge in [0.15, 0.2) is 0 Å². The summed E-state index contributed by atoms with van der Waals surface area (Å²) in [5.74, 6) is 0.567. The predicted octanol–water partition coefficient (Wildman–Crippen LogP) is 4.58. The lowest BCUT2D eigenvalue weighted by atomic mass is 10.1. The summed E-state index contributed by atoms with van der Waals surface area (Å²) in [6.45, 7) is 1.94. The van der Waals surface area contributed by atoms with Crippen LogP contribution in [0, 0.1) is 11.3 Å². The van der Waals surface area contributed by atoms with E-state index in [2.05, 4.69) is 16.0 Å². The molecule has 0 saturated heterocycles. The average Bonchev–Trinajstić information content (AvgIpc) is 2.85. The number of nitrogens with one attached hydrogen (secondary N) is 1. The Labute approximate surface area is 196 Å². The maximum Gasteiger partial charge on any atom is 0.255 e. The van der Waals surface area contributed by atoms with Gasteiger partial charge in [0.05, 0.1) is 34.3 Å². The van der Waals surface area contributed by atoms with Gasteiger partial charge in [0.2, 0.25) is 0 Å². The van der Waals surface area contributed by atoms with Crippen LogP contribution in [0.4, 0.5) is 0 Å². The van der Waals surface area contributed by atoms with E-state index in [1.54, 1.807) is 18.2 Å². The minimum Gasteiger partial charge on any atom is -0.306 e. The number of aromatic amines is 1. The Morgan fingerprint density at radius 1 is 1.03 bits per heavy atom. The van der Waals surface area contributed by atoms with E-state index in [0.717, 1.165) is 34.8 Å². The lowest BCUT2D eigenvalue weighted by Gasteiger charge is -2.27. The van der Waals surface area contributed by atoms with Crippen LogP contribution < -0.4 is 5.56 Å². The van der Waals surface area contributed by atoms with Crippen molar-refractivity contribution in [1.29, 1.82) is 5.26 Å². The molecule has 6 nitrogen and oxygen atoms in total. The lowest BCUT2D eigenvalue weighted by Crippen LogP contribution is -2.35. The van der Waals surface area contributed by atoms with Crippen molar-refractivity contribution in [3.63, 3.8) is 0 Å². The summed E-state index contributed by atoms with van der Waals surface area (Å²) >= 11 is 5.97. The summed E-state index contributed by atoms with van der Waals surface area (Å²) in [7, 11) is 0. The highest BCUT2D eigenvalue weighted by Crippen LogP contribution is 2.22. The van der Waals surface area contributed by atoms with E-state index in [0.29, 0.717) is 41.5 Å². The first kappa shape index (κ1) is 21.1. The van der Waals surface area contributed by atoms with Gasteiger partial charge >= 0.3 is 0 Å². The zero-order chi connectivity index (χ0) is 22.8. The van der Waals surface area contributed by atoms with Gasteiger partial charge in [-0.3, -0.25) is 14.7 Å². The Balaban J connectivity index is 1.35. The van der Waals surface area contributed by atoms with E-state index >= 15 is 0 Å². The van der Waals surface area contributed by atoms with Gasteiger partial charge < -0.3 is 4.98 Å². The number of fused-ring (bicyclic) bond motifs is 1. The molecule has 33 heavy (non-hydrogen) atoms. The fourth-order valence-electron chi connectivity index (χ4n) is 4.07.